The topological polar surface area (TPSA) is 42.0 Å². The highest BCUT2D eigenvalue weighted by Gasteiger charge is 2.76. The van der Waals surface area contributed by atoms with E-state index in [4.69, 9.17) is 23.2 Å². The Hall–Kier alpha value is -1.59. The lowest BCUT2D eigenvalue weighted by atomic mass is 10.1. The third-order valence-electron chi connectivity index (χ3n) is 2.97. The van der Waals surface area contributed by atoms with E-state index in [1.165, 1.54) is 28.9 Å². The van der Waals surface area contributed by atoms with Gasteiger partial charge in [0.15, 0.2) is 5.13 Å². The maximum absolute atomic E-state index is 13.3. The molecule has 3 nitrogen and oxygen atoms in total. The number of hydrogen-bond acceptors (Lipinski definition) is 3. The van der Waals surface area contributed by atoms with E-state index >= 15 is 0 Å². The van der Waals surface area contributed by atoms with Crippen LogP contribution in [0, 0.1) is 0 Å². The van der Waals surface area contributed by atoms with Crippen LogP contribution >= 0.6 is 34.5 Å². The van der Waals surface area contributed by atoms with Gasteiger partial charge in [0.05, 0.1) is 10.7 Å². The number of hydrogen-bond donors (Lipinski definition) is 1. The van der Waals surface area contributed by atoms with Crippen LogP contribution in [0.4, 0.5) is 35.9 Å². The van der Waals surface area contributed by atoms with Crippen molar-refractivity contribution in [3.63, 3.8) is 0 Å². The van der Waals surface area contributed by atoms with Gasteiger partial charge in [-0.15, -0.1) is 11.3 Å². The van der Waals surface area contributed by atoms with Gasteiger partial charge < -0.3 is 0 Å². The van der Waals surface area contributed by atoms with Crippen molar-refractivity contribution in [2.75, 3.05) is 5.32 Å². The lowest BCUT2D eigenvalue weighted by Crippen LogP contribution is -2.57. The molecule has 1 heterocycles. The predicted octanol–water partition coefficient (Wildman–Crippen LogP) is 5.89. The highest BCUT2D eigenvalue weighted by Crippen LogP contribution is 2.47. The van der Waals surface area contributed by atoms with Crippen LogP contribution < -0.4 is 5.32 Å². The molecule has 0 bridgehead atoms. The monoisotopic (exact) mass is 440 g/mol. The number of amides is 1. The summed E-state index contributed by atoms with van der Waals surface area (Å²) in [6.45, 7) is 0. The third-order valence-corrected chi connectivity index (χ3v) is 4.27. The number of carbonyl (C=O) groups excluding carboxylic acids is 1. The molecule has 2 rings (SSSR count). The van der Waals surface area contributed by atoms with Gasteiger partial charge in [-0.05, 0) is 18.2 Å². The van der Waals surface area contributed by atoms with Crippen LogP contribution in [0.3, 0.4) is 0 Å². The Kier molecular flexibility index (Phi) is 5.46. The zero-order valence-corrected chi connectivity index (χ0v) is 14.3. The Morgan fingerprint density at radius 3 is 2.23 bits per heavy atom. The van der Waals surface area contributed by atoms with E-state index in [0.29, 0.717) is 11.3 Å². The molecular formula is C13H5Cl2F7N2OS. The molecular weight excluding hydrogens is 436 g/mol. The van der Waals surface area contributed by atoms with Crippen LogP contribution in [0.5, 0.6) is 0 Å². The van der Waals surface area contributed by atoms with Crippen molar-refractivity contribution < 1.29 is 35.5 Å². The lowest BCUT2D eigenvalue weighted by Gasteiger charge is -2.26. The maximum Gasteiger partial charge on any atom is 0.460 e. The summed E-state index contributed by atoms with van der Waals surface area (Å²) < 4.78 is 88.5. The van der Waals surface area contributed by atoms with Crippen molar-refractivity contribution in [1.82, 2.24) is 4.98 Å². The summed E-state index contributed by atoms with van der Waals surface area (Å²) >= 11 is 12.1. The Morgan fingerprint density at radius 1 is 1.08 bits per heavy atom. The zero-order chi connectivity index (χ0) is 19.9. The highest BCUT2D eigenvalue weighted by molar-refractivity contribution is 7.14. The zero-order valence-electron chi connectivity index (χ0n) is 12.0. The summed E-state index contributed by atoms with van der Waals surface area (Å²) in [5.41, 5.74) is 0.345. The summed E-state index contributed by atoms with van der Waals surface area (Å²) in [5.74, 6) is -15.4. The second kappa shape index (κ2) is 6.86. The fourth-order valence-electron chi connectivity index (χ4n) is 1.65. The Morgan fingerprint density at radius 2 is 1.69 bits per heavy atom. The molecule has 0 saturated carbocycles. The van der Waals surface area contributed by atoms with E-state index < -0.39 is 29.1 Å². The molecule has 0 fully saturated rings. The molecule has 26 heavy (non-hydrogen) atoms. The van der Waals surface area contributed by atoms with Crippen LogP contribution in [0.15, 0.2) is 23.6 Å². The molecule has 0 saturated heterocycles. The first kappa shape index (κ1) is 20.7. The second-order valence-electron chi connectivity index (χ2n) is 4.76. The smallest absolute Gasteiger partial charge is 0.296 e. The molecule has 0 atom stereocenters. The molecule has 0 radical (unpaired) electrons. The molecule has 0 aliphatic heterocycles. The second-order valence-corrected chi connectivity index (χ2v) is 6.46. The van der Waals surface area contributed by atoms with Gasteiger partial charge in [-0.2, -0.15) is 30.7 Å². The quantitative estimate of drug-likeness (QED) is 0.602. The Balaban J connectivity index is 2.24. The van der Waals surface area contributed by atoms with Gasteiger partial charge in [-0.3, -0.25) is 10.1 Å². The first-order chi connectivity index (χ1) is 11.8. The van der Waals surface area contributed by atoms with E-state index in [1.54, 1.807) is 0 Å². The normalized spacial score (nSPS) is 13.0. The first-order valence-corrected chi connectivity index (χ1v) is 7.95. The number of nitrogens with one attached hydrogen (secondary N) is 1. The molecule has 1 aromatic carbocycles. The highest BCUT2D eigenvalue weighted by atomic mass is 35.5. The summed E-state index contributed by atoms with van der Waals surface area (Å²) in [6, 6.07) is 4.18. The molecule has 13 heteroatoms. The predicted molar refractivity (Wildman–Crippen MR) is 82.1 cm³/mol. The van der Waals surface area contributed by atoms with Crippen molar-refractivity contribution in [1.29, 1.82) is 0 Å². The fourth-order valence-corrected chi connectivity index (χ4v) is 2.86. The van der Waals surface area contributed by atoms with Crippen LogP contribution in [0.1, 0.15) is 0 Å². The molecule has 142 valence electrons. The van der Waals surface area contributed by atoms with Gasteiger partial charge >= 0.3 is 23.9 Å². The molecule has 0 unspecified atom stereocenters. The van der Waals surface area contributed by atoms with E-state index in [1.807, 2.05) is 0 Å². The lowest BCUT2D eigenvalue weighted by molar-refractivity contribution is -0.343. The maximum atomic E-state index is 13.3. The molecule has 2 aromatic rings. The number of anilines is 1. The summed E-state index contributed by atoms with van der Waals surface area (Å²) in [5, 5.41) is 2.27. The van der Waals surface area contributed by atoms with Gasteiger partial charge in [-0.25, -0.2) is 4.98 Å². The van der Waals surface area contributed by atoms with Crippen molar-refractivity contribution in [3.05, 3.63) is 33.6 Å². The number of halogens is 9. The molecule has 1 amide bonds. The number of benzene rings is 1. The van der Waals surface area contributed by atoms with E-state index in [0.717, 1.165) is 0 Å². The SMILES string of the molecule is O=C(Nc1nc(-c2ccc(Cl)cc2Cl)cs1)C(F)(F)C(F)(F)C(F)(F)F. The molecule has 0 aliphatic rings. The molecule has 0 spiro atoms. The van der Waals surface area contributed by atoms with E-state index in [9.17, 15) is 35.5 Å². The largest absolute Gasteiger partial charge is 0.460 e. The molecule has 1 aromatic heterocycles. The minimum absolute atomic E-state index is 0.0675. The van der Waals surface area contributed by atoms with E-state index in [2.05, 4.69) is 4.98 Å². The average molecular weight is 441 g/mol. The number of alkyl halides is 7. The van der Waals surface area contributed by atoms with Crippen LogP contribution in [0.2, 0.25) is 10.0 Å². The first-order valence-electron chi connectivity index (χ1n) is 6.32. The van der Waals surface area contributed by atoms with Crippen molar-refractivity contribution in [3.8, 4) is 11.3 Å². The fraction of sp³-hybridized carbons (Fsp3) is 0.231. The number of rotatable bonds is 4. The summed E-state index contributed by atoms with van der Waals surface area (Å²) in [4.78, 5) is 14.9. The van der Waals surface area contributed by atoms with Crippen molar-refractivity contribution in [2.24, 2.45) is 0 Å². The van der Waals surface area contributed by atoms with Crippen LogP contribution in [-0.2, 0) is 4.79 Å². The number of aromatic nitrogens is 1. The van der Waals surface area contributed by atoms with Gasteiger partial charge in [0.1, 0.15) is 0 Å². The van der Waals surface area contributed by atoms with Crippen molar-refractivity contribution in [2.45, 2.75) is 18.0 Å². The van der Waals surface area contributed by atoms with Crippen LogP contribution in [-0.4, -0.2) is 28.9 Å². The number of nitrogens with zero attached hydrogens (tertiary/aromatic N) is 1. The minimum atomic E-state index is -6.61. The summed E-state index contributed by atoms with van der Waals surface area (Å²) in [6.07, 6.45) is -6.61. The summed E-state index contributed by atoms with van der Waals surface area (Å²) in [7, 11) is 0. The minimum Gasteiger partial charge on any atom is -0.296 e. The van der Waals surface area contributed by atoms with Gasteiger partial charge in [0, 0.05) is 16.0 Å². The average Bonchev–Trinajstić information content (AvgIpc) is 2.93. The third kappa shape index (κ3) is 3.74. The molecule has 1 N–H and O–H groups in total. The Bertz CT molecular complexity index is 838. The van der Waals surface area contributed by atoms with Gasteiger partial charge in [0.25, 0.3) is 0 Å². The number of carbonyl (C=O) groups is 1. The number of thiazole rings is 1. The standard InChI is InChI=1S/C13H5Cl2F7N2OS/c14-5-1-2-6(7(15)3-5)8-4-26-10(23-8)24-9(25)11(16,17)12(18,19)13(20,21)22/h1-4H,(H,23,24,25). The van der Waals surface area contributed by atoms with Crippen molar-refractivity contribution >= 4 is 45.6 Å². The Labute approximate surface area is 154 Å². The van der Waals surface area contributed by atoms with Gasteiger partial charge in [0.2, 0.25) is 0 Å². The van der Waals surface area contributed by atoms with Gasteiger partial charge in [-0.1, -0.05) is 23.2 Å². The van der Waals surface area contributed by atoms with Crippen LogP contribution in [0.25, 0.3) is 11.3 Å². The molecule has 0 aliphatic carbocycles. The van der Waals surface area contributed by atoms with E-state index in [-0.39, 0.29) is 21.3 Å².